The van der Waals surface area contributed by atoms with E-state index in [4.69, 9.17) is 9.52 Å². The Morgan fingerprint density at radius 2 is 2.16 bits per heavy atom. The smallest absolute Gasteiger partial charge is 0.339 e. The predicted molar refractivity (Wildman–Crippen MR) is 70.1 cm³/mol. The number of carboxylic acids is 1. The van der Waals surface area contributed by atoms with Gasteiger partial charge in [-0.1, -0.05) is 0 Å². The van der Waals surface area contributed by atoms with Gasteiger partial charge in [0.15, 0.2) is 0 Å². The SMILES string of the molecule is Cc1oc(CNCCc2ccncc2)cc1C(=O)O. The van der Waals surface area contributed by atoms with E-state index >= 15 is 0 Å². The molecule has 0 aliphatic rings. The van der Waals surface area contributed by atoms with E-state index in [1.54, 1.807) is 25.4 Å². The first-order valence-corrected chi connectivity index (χ1v) is 6.09. The van der Waals surface area contributed by atoms with Crippen LogP contribution in [0.1, 0.15) is 27.4 Å². The van der Waals surface area contributed by atoms with Gasteiger partial charge in [0, 0.05) is 12.4 Å². The number of carbonyl (C=O) groups is 1. The third kappa shape index (κ3) is 3.66. The second-order valence-electron chi connectivity index (χ2n) is 4.27. The highest BCUT2D eigenvalue weighted by Gasteiger charge is 2.12. The van der Waals surface area contributed by atoms with E-state index in [1.165, 1.54) is 5.56 Å². The Bertz CT molecular complexity index is 549. The molecule has 5 nitrogen and oxygen atoms in total. The molecule has 5 heteroatoms. The van der Waals surface area contributed by atoms with Crippen molar-refractivity contribution < 1.29 is 14.3 Å². The van der Waals surface area contributed by atoms with Crippen molar-refractivity contribution in [1.29, 1.82) is 0 Å². The lowest BCUT2D eigenvalue weighted by Gasteiger charge is -2.02. The van der Waals surface area contributed by atoms with Crippen molar-refractivity contribution in [3.8, 4) is 0 Å². The molecule has 2 rings (SSSR count). The lowest BCUT2D eigenvalue weighted by Crippen LogP contribution is -2.16. The molecule has 0 amide bonds. The Morgan fingerprint density at radius 3 is 2.79 bits per heavy atom. The van der Waals surface area contributed by atoms with Gasteiger partial charge in [0.05, 0.1) is 6.54 Å². The first-order valence-electron chi connectivity index (χ1n) is 6.09. The zero-order valence-electron chi connectivity index (χ0n) is 10.7. The van der Waals surface area contributed by atoms with Crippen molar-refractivity contribution in [2.45, 2.75) is 19.9 Å². The van der Waals surface area contributed by atoms with Crippen LogP contribution in [0.5, 0.6) is 0 Å². The molecule has 0 aliphatic heterocycles. The van der Waals surface area contributed by atoms with Gasteiger partial charge in [-0.2, -0.15) is 0 Å². The van der Waals surface area contributed by atoms with Crippen LogP contribution < -0.4 is 5.32 Å². The van der Waals surface area contributed by atoms with Crippen LogP contribution in [0.15, 0.2) is 35.0 Å². The van der Waals surface area contributed by atoms with Crippen molar-refractivity contribution >= 4 is 5.97 Å². The average molecular weight is 260 g/mol. The van der Waals surface area contributed by atoms with Gasteiger partial charge in [0.25, 0.3) is 0 Å². The third-order valence-corrected chi connectivity index (χ3v) is 2.84. The first-order chi connectivity index (χ1) is 9.16. The van der Waals surface area contributed by atoms with E-state index in [9.17, 15) is 4.79 Å². The summed E-state index contributed by atoms with van der Waals surface area (Å²) in [6.07, 6.45) is 4.43. The summed E-state index contributed by atoms with van der Waals surface area (Å²) < 4.78 is 5.37. The molecule has 0 saturated heterocycles. The number of aromatic carboxylic acids is 1. The normalized spacial score (nSPS) is 10.6. The van der Waals surface area contributed by atoms with E-state index in [0.717, 1.165) is 13.0 Å². The number of aromatic nitrogens is 1. The minimum atomic E-state index is -0.954. The van der Waals surface area contributed by atoms with Crippen molar-refractivity contribution in [3.63, 3.8) is 0 Å². The van der Waals surface area contributed by atoms with Crippen LogP contribution in [0, 0.1) is 6.92 Å². The maximum Gasteiger partial charge on any atom is 0.339 e. The van der Waals surface area contributed by atoms with Crippen molar-refractivity contribution in [3.05, 3.63) is 53.2 Å². The fourth-order valence-electron chi connectivity index (χ4n) is 1.84. The molecule has 0 saturated carbocycles. The van der Waals surface area contributed by atoms with Crippen LogP contribution >= 0.6 is 0 Å². The summed E-state index contributed by atoms with van der Waals surface area (Å²) in [5.74, 6) is 0.132. The zero-order valence-corrected chi connectivity index (χ0v) is 10.7. The summed E-state index contributed by atoms with van der Waals surface area (Å²) >= 11 is 0. The maximum atomic E-state index is 10.9. The van der Waals surface area contributed by atoms with Gasteiger partial charge in [0.1, 0.15) is 17.1 Å². The Hall–Kier alpha value is -2.14. The number of hydrogen-bond acceptors (Lipinski definition) is 4. The second kappa shape index (κ2) is 6.15. The number of rotatable bonds is 6. The van der Waals surface area contributed by atoms with Gasteiger partial charge in [-0.05, 0) is 43.7 Å². The average Bonchev–Trinajstić information content (AvgIpc) is 2.77. The minimum absolute atomic E-state index is 0.228. The van der Waals surface area contributed by atoms with E-state index in [0.29, 0.717) is 18.1 Å². The van der Waals surface area contributed by atoms with Crippen LogP contribution in [0.4, 0.5) is 0 Å². The largest absolute Gasteiger partial charge is 0.478 e. The predicted octanol–water partition coefficient (Wildman–Crippen LogP) is 2.01. The summed E-state index contributed by atoms with van der Waals surface area (Å²) in [6.45, 7) is 2.98. The monoisotopic (exact) mass is 260 g/mol. The number of carboxylic acid groups (broad SMARTS) is 1. The lowest BCUT2D eigenvalue weighted by molar-refractivity contribution is 0.0695. The topological polar surface area (TPSA) is 75.4 Å². The molecule has 0 fully saturated rings. The molecule has 0 atom stereocenters. The zero-order chi connectivity index (χ0) is 13.7. The molecule has 2 heterocycles. The van der Waals surface area contributed by atoms with Crippen molar-refractivity contribution in [2.75, 3.05) is 6.54 Å². The third-order valence-electron chi connectivity index (χ3n) is 2.84. The van der Waals surface area contributed by atoms with Crippen molar-refractivity contribution in [2.24, 2.45) is 0 Å². The summed E-state index contributed by atoms with van der Waals surface area (Å²) in [7, 11) is 0. The molecule has 100 valence electrons. The van der Waals surface area contributed by atoms with Gasteiger partial charge in [0.2, 0.25) is 0 Å². The summed E-state index contributed by atoms with van der Waals surface area (Å²) in [5, 5.41) is 12.1. The van der Waals surface area contributed by atoms with Gasteiger partial charge in [-0.15, -0.1) is 0 Å². The number of hydrogen-bond donors (Lipinski definition) is 2. The quantitative estimate of drug-likeness (QED) is 0.777. The molecule has 0 aliphatic carbocycles. The molecule has 0 bridgehead atoms. The molecule has 0 spiro atoms. The Labute approximate surface area is 111 Å². The fourth-order valence-corrected chi connectivity index (χ4v) is 1.84. The van der Waals surface area contributed by atoms with Gasteiger partial charge in [-0.3, -0.25) is 4.98 Å². The van der Waals surface area contributed by atoms with E-state index in [2.05, 4.69) is 10.3 Å². The lowest BCUT2D eigenvalue weighted by atomic mass is 10.2. The summed E-state index contributed by atoms with van der Waals surface area (Å²) in [4.78, 5) is 14.8. The van der Waals surface area contributed by atoms with E-state index < -0.39 is 5.97 Å². The summed E-state index contributed by atoms with van der Waals surface area (Å²) in [5.41, 5.74) is 1.44. The van der Waals surface area contributed by atoms with Gasteiger partial charge in [-0.25, -0.2) is 4.79 Å². The first kappa shape index (κ1) is 13.3. The van der Waals surface area contributed by atoms with Crippen molar-refractivity contribution in [1.82, 2.24) is 10.3 Å². The van der Waals surface area contributed by atoms with Crippen LogP contribution in [0.2, 0.25) is 0 Å². The fraction of sp³-hybridized carbons (Fsp3) is 0.286. The van der Waals surface area contributed by atoms with Crippen LogP contribution in [0.25, 0.3) is 0 Å². The van der Waals surface area contributed by atoms with Crippen LogP contribution in [-0.2, 0) is 13.0 Å². The van der Waals surface area contributed by atoms with Crippen LogP contribution in [-0.4, -0.2) is 22.6 Å². The molecule has 0 unspecified atom stereocenters. The van der Waals surface area contributed by atoms with Crippen LogP contribution in [0.3, 0.4) is 0 Å². The molecular formula is C14H16N2O3. The summed E-state index contributed by atoms with van der Waals surface area (Å²) in [6, 6.07) is 5.51. The molecular weight excluding hydrogens is 244 g/mol. The Balaban J connectivity index is 1.80. The highest BCUT2D eigenvalue weighted by molar-refractivity contribution is 5.88. The molecule has 19 heavy (non-hydrogen) atoms. The second-order valence-corrected chi connectivity index (χ2v) is 4.27. The van der Waals surface area contributed by atoms with Gasteiger partial charge >= 0.3 is 5.97 Å². The molecule has 0 aromatic carbocycles. The number of nitrogens with zero attached hydrogens (tertiary/aromatic N) is 1. The maximum absolute atomic E-state index is 10.9. The number of nitrogens with one attached hydrogen (secondary N) is 1. The molecule has 2 aromatic rings. The molecule has 0 radical (unpaired) electrons. The number of aryl methyl sites for hydroxylation is 1. The number of furan rings is 1. The number of pyridine rings is 1. The van der Waals surface area contributed by atoms with Gasteiger partial charge < -0.3 is 14.8 Å². The Morgan fingerprint density at radius 1 is 1.42 bits per heavy atom. The minimum Gasteiger partial charge on any atom is -0.478 e. The standard InChI is InChI=1S/C14H16N2O3/c1-10-13(14(17)18)8-12(19-10)9-16-7-4-11-2-5-15-6-3-11/h2-3,5-6,8,16H,4,7,9H2,1H3,(H,17,18). The van der Waals surface area contributed by atoms with E-state index in [-0.39, 0.29) is 5.56 Å². The van der Waals surface area contributed by atoms with E-state index in [1.807, 2.05) is 12.1 Å². The molecule has 2 aromatic heterocycles. The Kier molecular flexibility index (Phi) is 4.30. The molecule has 2 N–H and O–H groups in total. The highest BCUT2D eigenvalue weighted by atomic mass is 16.4. The highest BCUT2D eigenvalue weighted by Crippen LogP contribution is 2.14.